The molecule has 2 unspecified atom stereocenters. The van der Waals surface area contributed by atoms with Crippen molar-refractivity contribution in [3.8, 4) is 5.75 Å². The molecule has 0 radical (unpaired) electrons. The van der Waals surface area contributed by atoms with Crippen molar-refractivity contribution in [1.29, 1.82) is 0 Å². The summed E-state index contributed by atoms with van der Waals surface area (Å²) in [6.45, 7) is 7.09. The Morgan fingerprint density at radius 1 is 1.26 bits per heavy atom. The molecular formula is C20H26N2O5. The standard InChI is InChI=1S/C20H26N2O5/c1-20(2,3)27-19(24)22-8-6-12(7-9-22)17-18(26-17)13-4-5-15-14(10-13)21-16(23)11-25-15/h4-5,10,12,17-18H,6-9,11H2,1-3H3,(H,21,23). The third-order valence-electron chi connectivity index (χ3n) is 5.15. The molecule has 0 aromatic heterocycles. The molecule has 0 saturated carbocycles. The van der Waals surface area contributed by atoms with Crippen molar-refractivity contribution in [2.24, 2.45) is 5.92 Å². The van der Waals surface area contributed by atoms with E-state index in [1.807, 2.05) is 39.0 Å². The number of anilines is 1. The van der Waals surface area contributed by atoms with E-state index in [-0.39, 0.29) is 30.8 Å². The molecule has 4 rings (SSSR count). The van der Waals surface area contributed by atoms with E-state index in [1.54, 1.807) is 4.90 Å². The van der Waals surface area contributed by atoms with Crippen LogP contribution in [-0.4, -0.2) is 48.3 Å². The molecule has 7 heteroatoms. The maximum Gasteiger partial charge on any atom is 0.410 e. The average molecular weight is 374 g/mol. The van der Waals surface area contributed by atoms with Crippen molar-refractivity contribution in [3.05, 3.63) is 23.8 Å². The summed E-state index contributed by atoms with van der Waals surface area (Å²) >= 11 is 0. The van der Waals surface area contributed by atoms with Crippen LogP contribution in [0.5, 0.6) is 5.75 Å². The summed E-state index contributed by atoms with van der Waals surface area (Å²) in [6.07, 6.45) is 1.80. The van der Waals surface area contributed by atoms with Gasteiger partial charge in [-0.25, -0.2) is 4.79 Å². The first-order valence-electron chi connectivity index (χ1n) is 9.50. The summed E-state index contributed by atoms with van der Waals surface area (Å²) in [5, 5.41) is 2.84. The molecule has 7 nitrogen and oxygen atoms in total. The van der Waals surface area contributed by atoms with E-state index in [4.69, 9.17) is 14.2 Å². The molecule has 3 aliphatic heterocycles. The highest BCUT2D eigenvalue weighted by molar-refractivity contribution is 5.95. The fraction of sp³-hybridized carbons (Fsp3) is 0.600. The van der Waals surface area contributed by atoms with E-state index in [2.05, 4.69) is 5.32 Å². The van der Waals surface area contributed by atoms with E-state index in [1.165, 1.54) is 0 Å². The summed E-state index contributed by atoms with van der Waals surface area (Å²) < 4.78 is 16.8. The highest BCUT2D eigenvalue weighted by Crippen LogP contribution is 2.47. The summed E-state index contributed by atoms with van der Waals surface area (Å²) in [6, 6.07) is 5.82. The average Bonchev–Trinajstić information content (AvgIpc) is 3.40. The Morgan fingerprint density at radius 2 is 2.00 bits per heavy atom. The van der Waals surface area contributed by atoms with Crippen molar-refractivity contribution in [2.45, 2.75) is 51.4 Å². The molecule has 2 fully saturated rings. The van der Waals surface area contributed by atoms with Gasteiger partial charge in [0.15, 0.2) is 6.61 Å². The lowest BCUT2D eigenvalue weighted by molar-refractivity contribution is -0.118. The Bertz CT molecular complexity index is 749. The number of nitrogens with one attached hydrogen (secondary N) is 1. The first kappa shape index (κ1) is 18.1. The van der Waals surface area contributed by atoms with Crippen LogP contribution in [0.15, 0.2) is 18.2 Å². The van der Waals surface area contributed by atoms with Crippen molar-refractivity contribution >= 4 is 17.7 Å². The zero-order valence-electron chi connectivity index (χ0n) is 16.0. The number of carbonyl (C=O) groups is 2. The van der Waals surface area contributed by atoms with Gasteiger partial charge in [0.2, 0.25) is 0 Å². The van der Waals surface area contributed by atoms with Crippen LogP contribution < -0.4 is 10.1 Å². The molecule has 1 aromatic carbocycles. The van der Waals surface area contributed by atoms with Crippen molar-refractivity contribution in [3.63, 3.8) is 0 Å². The van der Waals surface area contributed by atoms with Gasteiger partial charge in [-0.05, 0) is 57.2 Å². The molecule has 1 aromatic rings. The van der Waals surface area contributed by atoms with Crippen LogP contribution in [0.1, 0.15) is 45.3 Å². The van der Waals surface area contributed by atoms with E-state index in [9.17, 15) is 9.59 Å². The van der Waals surface area contributed by atoms with Gasteiger partial charge in [-0.2, -0.15) is 0 Å². The fourth-order valence-corrected chi connectivity index (χ4v) is 3.77. The molecule has 0 aliphatic carbocycles. The maximum atomic E-state index is 12.2. The molecule has 3 heterocycles. The number of piperidine rings is 1. The number of epoxide rings is 1. The Labute approximate surface area is 158 Å². The van der Waals surface area contributed by atoms with Crippen LogP contribution >= 0.6 is 0 Å². The SMILES string of the molecule is CC(C)(C)OC(=O)N1CCC(C2OC2c2ccc3c(c2)NC(=O)CO3)CC1. The topological polar surface area (TPSA) is 80.4 Å². The summed E-state index contributed by atoms with van der Waals surface area (Å²) in [5.41, 5.74) is 1.29. The van der Waals surface area contributed by atoms with Crippen molar-refractivity contribution < 1.29 is 23.8 Å². The highest BCUT2D eigenvalue weighted by atomic mass is 16.6. The third kappa shape index (κ3) is 4.03. The largest absolute Gasteiger partial charge is 0.482 e. The van der Waals surface area contributed by atoms with Crippen molar-refractivity contribution in [2.75, 3.05) is 25.0 Å². The van der Waals surface area contributed by atoms with Crippen LogP contribution in [-0.2, 0) is 14.3 Å². The fourth-order valence-electron chi connectivity index (χ4n) is 3.77. The lowest BCUT2D eigenvalue weighted by Gasteiger charge is -2.33. The minimum atomic E-state index is -0.468. The second-order valence-corrected chi connectivity index (χ2v) is 8.42. The number of hydrogen-bond donors (Lipinski definition) is 1. The van der Waals surface area contributed by atoms with E-state index < -0.39 is 5.60 Å². The normalized spacial score (nSPS) is 25.3. The second-order valence-electron chi connectivity index (χ2n) is 8.42. The van der Waals surface area contributed by atoms with Gasteiger partial charge < -0.3 is 24.4 Å². The van der Waals surface area contributed by atoms with Gasteiger partial charge in [0.1, 0.15) is 17.5 Å². The molecular weight excluding hydrogens is 348 g/mol. The molecule has 0 spiro atoms. The Morgan fingerprint density at radius 3 is 2.70 bits per heavy atom. The van der Waals surface area contributed by atoms with Gasteiger partial charge in [0.25, 0.3) is 5.91 Å². The zero-order chi connectivity index (χ0) is 19.2. The van der Waals surface area contributed by atoms with Gasteiger partial charge >= 0.3 is 6.09 Å². The van der Waals surface area contributed by atoms with E-state index >= 15 is 0 Å². The summed E-state index contributed by atoms with van der Waals surface area (Å²) in [5.74, 6) is 0.985. The minimum Gasteiger partial charge on any atom is -0.482 e. The first-order valence-corrected chi connectivity index (χ1v) is 9.50. The van der Waals surface area contributed by atoms with Crippen LogP contribution in [0.2, 0.25) is 0 Å². The van der Waals surface area contributed by atoms with Crippen LogP contribution in [0.3, 0.4) is 0 Å². The predicted octanol–water partition coefficient (Wildman–Crippen LogP) is 3.10. The maximum absolute atomic E-state index is 12.2. The molecule has 3 aliphatic rings. The molecule has 1 N–H and O–H groups in total. The summed E-state index contributed by atoms with van der Waals surface area (Å²) in [4.78, 5) is 25.5. The number of amides is 2. The van der Waals surface area contributed by atoms with Crippen LogP contribution in [0, 0.1) is 5.92 Å². The lowest BCUT2D eigenvalue weighted by atomic mass is 9.90. The monoisotopic (exact) mass is 374 g/mol. The first-order chi connectivity index (χ1) is 12.8. The van der Waals surface area contributed by atoms with Gasteiger partial charge in [-0.15, -0.1) is 0 Å². The van der Waals surface area contributed by atoms with E-state index in [0.717, 1.165) is 18.4 Å². The van der Waals surface area contributed by atoms with Crippen LogP contribution in [0.25, 0.3) is 0 Å². The smallest absolute Gasteiger partial charge is 0.410 e. The van der Waals surface area contributed by atoms with Crippen LogP contribution in [0.4, 0.5) is 10.5 Å². The number of likely N-dealkylation sites (tertiary alicyclic amines) is 1. The number of benzene rings is 1. The van der Waals surface area contributed by atoms with Gasteiger partial charge in [-0.3, -0.25) is 4.79 Å². The lowest BCUT2D eigenvalue weighted by Crippen LogP contribution is -2.42. The molecule has 27 heavy (non-hydrogen) atoms. The zero-order valence-corrected chi connectivity index (χ0v) is 16.0. The quantitative estimate of drug-likeness (QED) is 0.805. The highest BCUT2D eigenvalue weighted by Gasteiger charge is 2.47. The molecule has 146 valence electrons. The number of hydrogen-bond acceptors (Lipinski definition) is 5. The Hall–Kier alpha value is -2.28. The van der Waals surface area contributed by atoms with Gasteiger partial charge in [0.05, 0.1) is 11.8 Å². The number of ether oxygens (including phenoxy) is 3. The molecule has 0 bridgehead atoms. The van der Waals surface area contributed by atoms with Crippen molar-refractivity contribution in [1.82, 2.24) is 4.90 Å². The Kier molecular flexibility index (Phi) is 4.50. The van der Waals surface area contributed by atoms with Gasteiger partial charge in [-0.1, -0.05) is 6.07 Å². The van der Waals surface area contributed by atoms with E-state index in [0.29, 0.717) is 30.4 Å². The predicted molar refractivity (Wildman–Crippen MR) is 98.7 cm³/mol. The number of fused-ring (bicyclic) bond motifs is 1. The third-order valence-corrected chi connectivity index (χ3v) is 5.15. The second kappa shape index (κ2) is 6.71. The summed E-state index contributed by atoms with van der Waals surface area (Å²) in [7, 11) is 0. The molecule has 2 saturated heterocycles. The Balaban J connectivity index is 1.32. The number of rotatable bonds is 2. The molecule has 2 atom stereocenters. The minimum absolute atomic E-state index is 0.0483. The molecule has 2 amide bonds. The number of nitrogens with zero attached hydrogens (tertiary/aromatic N) is 1. The number of carbonyl (C=O) groups excluding carboxylic acids is 2. The van der Waals surface area contributed by atoms with Gasteiger partial charge in [0, 0.05) is 13.1 Å².